The molecule has 3 rings (SSSR count). The normalized spacial score (nSPS) is 17.8. The Balaban J connectivity index is 1.86. The highest BCUT2D eigenvalue weighted by molar-refractivity contribution is 7.11. The van der Waals surface area contributed by atoms with Crippen molar-refractivity contribution < 1.29 is 4.39 Å². The summed E-state index contributed by atoms with van der Waals surface area (Å²) in [5.41, 5.74) is 1.84. The molecule has 1 aromatic carbocycles. The predicted octanol–water partition coefficient (Wildman–Crippen LogP) is 4.17. The molecule has 0 spiro atoms. The van der Waals surface area contributed by atoms with E-state index in [9.17, 15) is 4.39 Å². The molecule has 0 saturated carbocycles. The molecule has 0 amide bonds. The molecule has 0 aliphatic heterocycles. The van der Waals surface area contributed by atoms with Gasteiger partial charge in [-0.05, 0) is 37.9 Å². The quantitative estimate of drug-likeness (QED) is 0.913. The van der Waals surface area contributed by atoms with Gasteiger partial charge in [0.2, 0.25) is 0 Å². The van der Waals surface area contributed by atoms with Gasteiger partial charge < -0.3 is 5.32 Å². The maximum atomic E-state index is 14.0. The van der Waals surface area contributed by atoms with Crippen molar-refractivity contribution in [2.24, 2.45) is 0 Å². The highest BCUT2D eigenvalue weighted by atomic mass is 35.5. The number of hydrogen-bond acceptors (Lipinski definition) is 3. The molecule has 2 aromatic rings. The van der Waals surface area contributed by atoms with Gasteiger partial charge in [0.15, 0.2) is 0 Å². The number of aromatic nitrogens is 1. The van der Waals surface area contributed by atoms with E-state index in [-0.39, 0.29) is 10.8 Å². The minimum atomic E-state index is -0.320. The van der Waals surface area contributed by atoms with Gasteiger partial charge in [0, 0.05) is 23.8 Å². The third kappa shape index (κ3) is 3.12. The zero-order chi connectivity index (χ0) is 14.8. The zero-order valence-electron chi connectivity index (χ0n) is 12.0. The SMILES string of the molecule is CNCC1CCCc2sc(Cc3cccc(Cl)c3F)nc21. The molecule has 5 heteroatoms. The van der Waals surface area contributed by atoms with E-state index in [1.165, 1.54) is 23.4 Å². The monoisotopic (exact) mass is 324 g/mol. The van der Waals surface area contributed by atoms with Crippen LogP contribution in [0.5, 0.6) is 0 Å². The molecule has 112 valence electrons. The van der Waals surface area contributed by atoms with Crippen LogP contribution in [0.25, 0.3) is 0 Å². The van der Waals surface area contributed by atoms with E-state index in [0.29, 0.717) is 17.9 Å². The Morgan fingerprint density at radius 3 is 3.14 bits per heavy atom. The molecule has 21 heavy (non-hydrogen) atoms. The number of fused-ring (bicyclic) bond motifs is 1. The minimum absolute atomic E-state index is 0.182. The molecule has 1 heterocycles. The van der Waals surface area contributed by atoms with Gasteiger partial charge in [-0.15, -0.1) is 11.3 Å². The second-order valence-electron chi connectivity index (χ2n) is 5.45. The molecule has 1 N–H and O–H groups in total. The van der Waals surface area contributed by atoms with E-state index in [1.54, 1.807) is 29.5 Å². The predicted molar refractivity (Wildman–Crippen MR) is 85.9 cm³/mol. The van der Waals surface area contributed by atoms with Crippen LogP contribution in [0.4, 0.5) is 4.39 Å². The van der Waals surface area contributed by atoms with Crippen molar-refractivity contribution in [2.45, 2.75) is 31.6 Å². The van der Waals surface area contributed by atoms with E-state index >= 15 is 0 Å². The number of aryl methyl sites for hydroxylation is 1. The summed E-state index contributed by atoms with van der Waals surface area (Å²) >= 11 is 7.57. The Morgan fingerprint density at radius 1 is 1.48 bits per heavy atom. The Morgan fingerprint density at radius 2 is 2.33 bits per heavy atom. The zero-order valence-corrected chi connectivity index (χ0v) is 13.5. The van der Waals surface area contributed by atoms with Crippen molar-refractivity contribution in [2.75, 3.05) is 13.6 Å². The number of thiazole rings is 1. The van der Waals surface area contributed by atoms with Crippen LogP contribution >= 0.6 is 22.9 Å². The van der Waals surface area contributed by atoms with E-state index in [2.05, 4.69) is 5.32 Å². The smallest absolute Gasteiger partial charge is 0.145 e. The topological polar surface area (TPSA) is 24.9 Å². The van der Waals surface area contributed by atoms with Crippen molar-refractivity contribution in [1.82, 2.24) is 10.3 Å². The van der Waals surface area contributed by atoms with Gasteiger partial charge in [-0.2, -0.15) is 0 Å². The lowest BCUT2D eigenvalue weighted by molar-refractivity contribution is 0.522. The maximum Gasteiger partial charge on any atom is 0.145 e. The number of nitrogens with one attached hydrogen (secondary N) is 1. The fraction of sp³-hybridized carbons (Fsp3) is 0.438. The van der Waals surface area contributed by atoms with Gasteiger partial charge >= 0.3 is 0 Å². The molecule has 0 fully saturated rings. The Kier molecular flexibility index (Phi) is 4.57. The van der Waals surface area contributed by atoms with E-state index < -0.39 is 0 Å². The van der Waals surface area contributed by atoms with Crippen LogP contribution in [0.2, 0.25) is 5.02 Å². The lowest BCUT2D eigenvalue weighted by atomic mass is 9.91. The fourth-order valence-electron chi connectivity index (χ4n) is 2.93. The third-order valence-electron chi connectivity index (χ3n) is 3.94. The number of halogens is 2. The molecule has 0 saturated heterocycles. The van der Waals surface area contributed by atoms with Crippen molar-refractivity contribution in [3.63, 3.8) is 0 Å². The summed E-state index contributed by atoms with van der Waals surface area (Å²) in [5, 5.41) is 4.41. The number of hydrogen-bond donors (Lipinski definition) is 1. The van der Waals surface area contributed by atoms with Crippen LogP contribution in [0.15, 0.2) is 18.2 Å². The number of rotatable bonds is 4. The Labute approximate surface area is 133 Å². The fourth-order valence-corrected chi connectivity index (χ4v) is 4.34. The number of benzene rings is 1. The van der Waals surface area contributed by atoms with Crippen molar-refractivity contribution in [3.05, 3.63) is 50.2 Å². The molecular weight excluding hydrogens is 307 g/mol. The molecule has 1 aliphatic carbocycles. The summed E-state index contributed by atoms with van der Waals surface area (Å²) in [6, 6.07) is 5.15. The van der Waals surface area contributed by atoms with Crippen molar-refractivity contribution in [1.29, 1.82) is 0 Å². The van der Waals surface area contributed by atoms with Crippen LogP contribution in [0, 0.1) is 5.82 Å². The number of likely N-dealkylation sites (N-methyl/N-ethyl adjacent to an activating group) is 1. The van der Waals surface area contributed by atoms with Crippen LogP contribution in [-0.4, -0.2) is 18.6 Å². The van der Waals surface area contributed by atoms with Gasteiger partial charge in [-0.3, -0.25) is 0 Å². The van der Waals surface area contributed by atoms with Crippen molar-refractivity contribution >= 4 is 22.9 Å². The highest BCUT2D eigenvalue weighted by Gasteiger charge is 2.24. The van der Waals surface area contributed by atoms with Crippen LogP contribution < -0.4 is 5.32 Å². The van der Waals surface area contributed by atoms with Crippen LogP contribution in [0.1, 0.15) is 39.9 Å². The lowest BCUT2D eigenvalue weighted by Gasteiger charge is -2.20. The molecule has 0 radical (unpaired) electrons. The minimum Gasteiger partial charge on any atom is -0.319 e. The molecular formula is C16H18ClFN2S. The van der Waals surface area contributed by atoms with Crippen LogP contribution in [0.3, 0.4) is 0 Å². The summed E-state index contributed by atoms with van der Waals surface area (Å²) < 4.78 is 14.0. The van der Waals surface area contributed by atoms with Gasteiger partial charge in [-0.25, -0.2) is 9.37 Å². The second-order valence-corrected chi connectivity index (χ2v) is 7.03. The summed E-state index contributed by atoms with van der Waals surface area (Å²) in [7, 11) is 1.98. The van der Waals surface area contributed by atoms with E-state index in [0.717, 1.165) is 18.0 Å². The molecule has 0 bridgehead atoms. The average molecular weight is 325 g/mol. The summed E-state index contributed by atoms with van der Waals surface area (Å²) in [5.74, 6) is 0.173. The molecule has 1 aliphatic rings. The molecule has 1 unspecified atom stereocenters. The third-order valence-corrected chi connectivity index (χ3v) is 5.36. The first-order valence-electron chi connectivity index (χ1n) is 7.25. The Hall–Kier alpha value is -0.970. The number of nitrogens with zero attached hydrogens (tertiary/aromatic N) is 1. The largest absolute Gasteiger partial charge is 0.319 e. The van der Waals surface area contributed by atoms with Gasteiger partial charge in [0.25, 0.3) is 0 Å². The summed E-state index contributed by atoms with van der Waals surface area (Å²) in [6.07, 6.45) is 4.02. The first-order chi connectivity index (χ1) is 10.2. The summed E-state index contributed by atoms with van der Waals surface area (Å²) in [4.78, 5) is 6.16. The van der Waals surface area contributed by atoms with Crippen LogP contribution in [-0.2, 0) is 12.8 Å². The lowest BCUT2D eigenvalue weighted by Crippen LogP contribution is -2.21. The first kappa shape index (κ1) is 14.9. The molecule has 1 atom stereocenters. The first-order valence-corrected chi connectivity index (χ1v) is 8.44. The molecule has 2 nitrogen and oxygen atoms in total. The standard InChI is InChI=1S/C16H18ClFN2S/c1-19-9-11-5-3-7-13-16(11)20-14(21-13)8-10-4-2-6-12(17)15(10)18/h2,4,6,11,19H,3,5,7-9H2,1H3. The van der Waals surface area contributed by atoms with Gasteiger partial charge in [0.1, 0.15) is 5.82 Å². The van der Waals surface area contributed by atoms with Gasteiger partial charge in [0.05, 0.1) is 15.7 Å². The maximum absolute atomic E-state index is 14.0. The highest BCUT2D eigenvalue weighted by Crippen LogP contribution is 2.35. The van der Waals surface area contributed by atoms with E-state index in [1.807, 2.05) is 7.05 Å². The van der Waals surface area contributed by atoms with Crippen molar-refractivity contribution in [3.8, 4) is 0 Å². The average Bonchev–Trinajstić information content (AvgIpc) is 2.88. The van der Waals surface area contributed by atoms with E-state index in [4.69, 9.17) is 16.6 Å². The Bertz CT molecular complexity index is 641. The van der Waals surface area contributed by atoms with Gasteiger partial charge in [-0.1, -0.05) is 23.7 Å². The second kappa shape index (κ2) is 6.42. The molecule has 1 aromatic heterocycles. The summed E-state index contributed by atoms with van der Waals surface area (Å²) in [6.45, 7) is 0.960.